The topological polar surface area (TPSA) is 32.3 Å². The van der Waals surface area contributed by atoms with E-state index in [1.165, 1.54) is 24.3 Å². The van der Waals surface area contributed by atoms with Crippen molar-refractivity contribution in [3.63, 3.8) is 0 Å². The van der Waals surface area contributed by atoms with Crippen LogP contribution in [0, 0.1) is 11.6 Å². The van der Waals surface area contributed by atoms with Gasteiger partial charge in [0, 0.05) is 22.3 Å². The standard InChI is InChI=1S/C14H12ClF2NO/c1-8(13-3-2-12(19)7-14(13)17)18-11-5-9(15)4-10(16)6-11/h2-8,18-19H,1H3. The number of hydrogen-bond acceptors (Lipinski definition) is 2. The first-order chi connectivity index (χ1) is 8.95. The molecule has 0 saturated heterocycles. The summed E-state index contributed by atoms with van der Waals surface area (Å²) in [7, 11) is 0. The van der Waals surface area contributed by atoms with E-state index < -0.39 is 17.7 Å². The molecule has 100 valence electrons. The van der Waals surface area contributed by atoms with Crippen LogP contribution in [0.3, 0.4) is 0 Å². The van der Waals surface area contributed by atoms with Gasteiger partial charge in [-0.1, -0.05) is 17.7 Å². The molecule has 0 aliphatic carbocycles. The fourth-order valence-corrected chi connectivity index (χ4v) is 2.05. The first kappa shape index (κ1) is 13.6. The van der Waals surface area contributed by atoms with Crippen molar-refractivity contribution in [1.29, 1.82) is 0 Å². The second-order valence-electron chi connectivity index (χ2n) is 4.23. The van der Waals surface area contributed by atoms with Crippen LogP contribution in [0.2, 0.25) is 5.02 Å². The van der Waals surface area contributed by atoms with Crippen molar-refractivity contribution >= 4 is 17.3 Å². The monoisotopic (exact) mass is 283 g/mol. The van der Waals surface area contributed by atoms with Crippen LogP contribution in [0.4, 0.5) is 14.5 Å². The average Bonchev–Trinajstić information content (AvgIpc) is 2.26. The predicted molar refractivity (Wildman–Crippen MR) is 71.5 cm³/mol. The first-order valence-electron chi connectivity index (χ1n) is 5.67. The van der Waals surface area contributed by atoms with E-state index in [1.807, 2.05) is 0 Å². The van der Waals surface area contributed by atoms with Gasteiger partial charge >= 0.3 is 0 Å². The van der Waals surface area contributed by atoms with Gasteiger partial charge in [-0.2, -0.15) is 0 Å². The number of hydrogen-bond donors (Lipinski definition) is 2. The second kappa shape index (κ2) is 5.45. The summed E-state index contributed by atoms with van der Waals surface area (Å²) in [6.07, 6.45) is 0. The van der Waals surface area contributed by atoms with E-state index in [2.05, 4.69) is 5.32 Å². The molecule has 0 amide bonds. The molecule has 0 aliphatic heterocycles. The number of halogens is 3. The maximum atomic E-state index is 13.7. The fraction of sp³-hybridized carbons (Fsp3) is 0.143. The molecule has 0 fully saturated rings. The van der Waals surface area contributed by atoms with E-state index in [9.17, 15) is 8.78 Å². The first-order valence-corrected chi connectivity index (χ1v) is 6.04. The molecule has 0 aliphatic rings. The lowest BCUT2D eigenvalue weighted by molar-refractivity contribution is 0.467. The van der Waals surface area contributed by atoms with Gasteiger partial charge in [-0.15, -0.1) is 0 Å². The van der Waals surface area contributed by atoms with Crippen molar-refractivity contribution in [2.24, 2.45) is 0 Å². The van der Waals surface area contributed by atoms with Gasteiger partial charge in [0.25, 0.3) is 0 Å². The molecule has 0 saturated carbocycles. The molecule has 19 heavy (non-hydrogen) atoms. The third kappa shape index (κ3) is 3.35. The summed E-state index contributed by atoms with van der Waals surface area (Å²) in [6.45, 7) is 1.73. The predicted octanol–water partition coefficient (Wildman–Crippen LogP) is 4.50. The number of rotatable bonds is 3. The molecule has 2 nitrogen and oxygen atoms in total. The van der Waals surface area contributed by atoms with Crippen molar-refractivity contribution in [2.75, 3.05) is 5.32 Å². The highest BCUT2D eigenvalue weighted by Crippen LogP contribution is 2.26. The third-order valence-electron chi connectivity index (χ3n) is 2.70. The molecule has 0 aromatic heterocycles. The summed E-state index contributed by atoms with van der Waals surface area (Å²) >= 11 is 5.74. The van der Waals surface area contributed by atoms with Gasteiger partial charge in [0.15, 0.2) is 0 Å². The third-order valence-corrected chi connectivity index (χ3v) is 2.91. The molecule has 5 heteroatoms. The zero-order chi connectivity index (χ0) is 14.0. The maximum absolute atomic E-state index is 13.7. The van der Waals surface area contributed by atoms with Crippen molar-refractivity contribution in [1.82, 2.24) is 0 Å². The van der Waals surface area contributed by atoms with Crippen molar-refractivity contribution in [3.8, 4) is 5.75 Å². The molecule has 2 rings (SSSR count). The normalized spacial score (nSPS) is 12.2. The zero-order valence-corrected chi connectivity index (χ0v) is 10.9. The van der Waals surface area contributed by atoms with E-state index in [0.29, 0.717) is 11.3 Å². The van der Waals surface area contributed by atoms with Crippen molar-refractivity contribution < 1.29 is 13.9 Å². The number of nitrogens with one attached hydrogen (secondary N) is 1. The summed E-state index contributed by atoms with van der Waals surface area (Å²) in [5.41, 5.74) is 0.836. The molecular weight excluding hydrogens is 272 g/mol. The minimum Gasteiger partial charge on any atom is -0.508 e. The number of phenols is 1. The van der Waals surface area contributed by atoms with E-state index in [4.69, 9.17) is 16.7 Å². The van der Waals surface area contributed by atoms with Crippen LogP contribution in [0.25, 0.3) is 0 Å². The minimum atomic E-state index is -0.525. The summed E-state index contributed by atoms with van der Waals surface area (Å²) in [5, 5.41) is 12.4. The maximum Gasteiger partial charge on any atom is 0.132 e. The van der Waals surface area contributed by atoms with Gasteiger partial charge < -0.3 is 10.4 Å². The van der Waals surface area contributed by atoms with Gasteiger partial charge in [0.2, 0.25) is 0 Å². The van der Waals surface area contributed by atoms with E-state index in [-0.39, 0.29) is 10.8 Å². The van der Waals surface area contributed by atoms with Crippen LogP contribution in [0.5, 0.6) is 5.75 Å². The van der Waals surface area contributed by atoms with Gasteiger partial charge in [-0.25, -0.2) is 8.78 Å². The lowest BCUT2D eigenvalue weighted by atomic mass is 10.1. The lowest BCUT2D eigenvalue weighted by Gasteiger charge is -2.16. The minimum absolute atomic E-state index is 0.137. The smallest absolute Gasteiger partial charge is 0.132 e. The van der Waals surface area contributed by atoms with Crippen molar-refractivity contribution in [2.45, 2.75) is 13.0 Å². The van der Waals surface area contributed by atoms with Gasteiger partial charge in [-0.05, 0) is 31.2 Å². The Labute approximate surface area is 114 Å². The molecule has 2 N–H and O–H groups in total. The van der Waals surface area contributed by atoms with Crippen LogP contribution in [-0.2, 0) is 0 Å². The second-order valence-corrected chi connectivity index (χ2v) is 4.67. The molecule has 0 bridgehead atoms. The quantitative estimate of drug-likeness (QED) is 0.869. The zero-order valence-electron chi connectivity index (χ0n) is 10.1. The lowest BCUT2D eigenvalue weighted by Crippen LogP contribution is -2.08. The summed E-state index contributed by atoms with van der Waals surface area (Å²) in [5.74, 6) is -1.13. The molecule has 2 aromatic carbocycles. The highest BCUT2D eigenvalue weighted by atomic mass is 35.5. The van der Waals surface area contributed by atoms with Crippen LogP contribution < -0.4 is 5.32 Å². The highest BCUT2D eigenvalue weighted by Gasteiger charge is 2.12. The van der Waals surface area contributed by atoms with Crippen LogP contribution >= 0.6 is 11.6 Å². The van der Waals surface area contributed by atoms with E-state index >= 15 is 0 Å². The average molecular weight is 284 g/mol. The Morgan fingerprint density at radius 3 is 2.53 bits per heavy atom. The number of anilines is 1. The van der Waals surface area contributed by atoms with Gasteiger partial charge in [0.1, 0.15) is 17.4 Å². The Balaban J connectivity index is 2.22. The Morgan fingerprint density at radius 1 is 1.16 bits per heavy atom. The summed E-state index contributed by atoms with van der Waals surface area (Å²) in [4.78, 5) is 0. The molecule has 2 aromatic rings. The molecule has 1 atom stereocenters. The number of benzene rings is 2. The molecule has 0 radical (unpaired) electrons. The fourth-order valence-electron chi connectivity index (χ4n) is 1.83. The molecule has 0 spiro atoms. The Hall–Kier alpha value is -1.81. The van der Waals surface area contributed by atoms with Gasteiger partial charge in [0.05, 0.1) is 6.04 Å². The Kier molecular flexibility index (Phi) is 3.90. The molecule has 1 unspecified atom stereocenters. The van der Waals surface area contributed by atoms with Crippen LogP contribution in [0.1, 0.15) is 18.5 Å². The van der Waals surface area contributed by atoms with Crippen LogP contribution in [0.15, 0.2) is 36.4 Å². The van der Waals surface area contributed by atoms with Crippen LogP contribution in [-0.4, -0.2) is 5.11 Å². The Morgan fingerprint density at radius 2 is 1.89 bits per heavy atom. The molecular formula is C14H12ClF2NO. The van der Waals surface area contributed by atoms with E-state index in [1.54, 1.807) is 13.0 Å². The number of aromatic hydroxyl groups is 1. The van der Waals surface area contributed by atoms with Gasteiger partial charge in [-0.3, -0.25) is 0 Å². The number of phenolic OH excluding ortho intramolecular Hbond substituents is 1. The molecule has 0 heterocycles. The largest absolute Gasteiger partial charge is 0.508 e. The van der Waals surface area contributed by atoms with E-state index in [0.717, 1.165) is 6.07 Å². The summed E-state index contributed by atoms with van der Waals surface area (Å²) < 4.78 is 26.8. The SMILES string of the molecule is CC(Nc1cc(F)cc(Cl)c1)c1ccc(O)cc1F. The highest BCUT2D eigenvalue weighted by molar-refractivity contribution is 6.30. The summed E-state index contributed by atoms with van der Waals surface area (Å²) in [6, 6.07) is 7.54. The van der Waals surface area contributed by atoms with Crippen molar-refractivity contribution in [3.05, 3.63) is 58.6 Å². The Bertz CT molecular complexity index is 584.